The minimum absolute atomic E-state index is 0.00231. The molecule has 1 aliphatic heterocycles. The molecule has 1 heterocycles. The summed E-state index contributed by atoms with van der Waals surface area (Å²) in [4.78, 5) is 0. The molecule has 0 aliphatic carbocycles. The van der Waals surface area contributed by atoms with Gasteiger partial charge in [0.05, 0.1) is 0 Å². The van der Waals surface area contributed by atoms with Crippen LogP contribution in [0.4, 0.5) is 0 Å². The van der Waals surface area contributed by atoms with E-state index in [4.69, 9.17) is 9.47 Å². The first kappa shape index (κ1) is 9.96. The van der Waals surface area contributed by atoms with Crippen LogP contribution in [0, 0.1) is 0 Å². The summed E-state index contributed by atoms with van der Waals surface area (Å²) in [5, 5.41) is 3.24. The molecule has 1 fully saturated rings. The van der Waals surface area contributed by atoms with Gasteiger partial charge in [-0.1, -0.05) is 6.92 Å². The summed E-state index contributed by atoms with van der Waals surface area (Å²) in [6.45, 7) is 10.9. The zero-order valence-corrected chi connectivity index (χ0v) is 8.60. The van der Waals surface area contributed by atoms with Crippen LogP contribution in [0.2, 0.25) is 0 Å². The van der Waals surface area contributed by atoms with E-state index in [9.17, 15) is 0 Å². The first-order valence-electron chi connectivity index (χ1n) is 4.49. The van der Waals surface area contributed by atoms with E-state index in [1.807, 2.05) is 27.7 Å². The van der Waals surface area contributed by atoms with Crippen LogP contribution in [0.1, 0.15) is 34.6 Å². The maximum atomic E-state index is 5.72. The third-order valence-corrected chi connectivity index (χ3v) is 1.93. The van der Waals surface area contributed by atoms with Crippen molar-refractivity contribution >= 4 is 0 Å². The van der Waals surface area contributed by atoms with E-state index in [-0.39, 0.29) is 11.8 Å². The van der Waals surface area contributed by atoms with Gasteiger partial charge in [-0.15, -0.1) is 0 Å². The molecule has 3 heteroatoms. The highest BCUT2D eigenvalue weighted by Gasteiger charge is 2.46. The lowest BCUT2D eigenvalue weighted by atomic mass is 10.1. The number of nitrogens with one attached hydrogen (secondary N) is 1. The summed E-state index contributed by atoms with van der Waals surface area (Å²) < 4.78 is 11.4. The van der Waals surface area contributed by atoms with E-state index in [0.29, 0.717) is 0 Å². The lowest BCUT2D eigenvalue weighted by Gasteiger charge is -2.23. The number of ether oxygens (including phenoxy) is 2. The Balaban J connectivity index is 2.64. The summed E-state index contributed by atoms with van der Waals surface area (Å²) in [5.41, 5.74) is -0.237. The van der Waals surface area contributed by atoms with Crippen molar-refractivity contribution in [2.45, 2.75) is 52.2 Å². The molecular formula is C9H19NO2. The summed E-state index contributed by atoms with van der Waals surface area (Å²) in [6.07, 6.45) is -0.00231. The van der Waals surface area contributed by atoms with Crippen LogP contribution >= 0.6 is 0 Å². The third-order valence-electron chi connectivity index (χ3n) is 1.93. The molecule has 0 aromatic carbocycles. The van der Waals surface area contributed by atoms with E-state index in [2.05, 4.69) is 12.2 Å². The highest BCUT2D eigenvalue weighted by atomic mass is 16.8. The lowest BCUT2D eigenvalue weighted by molar-refractivity contribution is -0.158. The summed E-state index contributed by atoms with van der Waals surface area (Å²) in [7, 11) is 0. The van der Waals surface area contributed by atoms with Crippen molar-refractivity contribution in [2.24, 2.45) is 0 Å². The smallest absolute Gasteiger partial charge is 0.165 e. The Hall–Kier alpha value is -0.120. The normalized spacial score (nSPS) is 32.2. The van der Waals surface area contributed by atoms with E-state index < -0.39 is 5.79 Å². The van der Waals surface area contributed by atoms with Gasteiger partial charge in [-0.05, 0) is 34.2 Å². The van der Waals surface area contributed by atoms with E-state index in [0.717, 1.165) is 6.54 Å². The molecule has 0 saturated carbocycles. The molecule has 72 valence electrons. The lowest BCUT2D eigenvalue weighted by Crippen LogP contribution is -2.44. The van der Waals surface area contributed by atoms with Crippen molar-refractivity contribution in [3.63, 3.8) is 0 Å². The molecule has 1 rings (SSSR count). The molecule has 12 heavy (non-hydrogen) atoms. The molecule has 1 aliphatic rings. The highest BCUT2D eigenvalue weighted by Crippen LogP contribution is 2.34. The molecule has 0 aromatic heterocycles. The van der Waals surface area contributed by atoms with Gasteiger partial charge in [0.1, 0.15) is 11.8 Å². The van der Waals surface area contributed by atoms with Crippen LogP contribution in [0.3, 0.4) is 0 Å². The van der Waals surface area contributed by atoms with Crippen LogP contribution in [0.25, 0.3) is 0 Å². The number of rotatable bonds is 2. The SMILES string of the molecule is CCNC1OC(C)(C)OC1(C)C. The van der Waals surface area contributed by atoms with Gasteiger partial charge in [0.25, 0.3) is 0 Å². The molecule has 0 spiro atoms. The second-order valence-corrected chi connectivity index (χ2v) is 4.16. The highest BCUT2D eigenvalue weighted by molar-refractivity contribution is 4.87. The minimum Gasteiger partial charge on any atom is -0.340 e. The predicted octanol–water partition coefficient (Wildman–Crippen LogP) is 1.48. The Morgan fingerprint density at radius 1 is 1.25 bits per heavy atom. The van der Waals surface area contributed by atoms with Crippen LogP contribution in [-0.2, 0) is 9.47 Å². The van der Waals surface area contributed by atoms with Gasteiger partial charge in [-0.2, -0.15) is 0 Å². The largest absolute Gasteiger partial charge is 0.340 e. The van der Waals surface area contributed by atoms with Crippen molar-refractivity contribution in [1.29, 1.82) is 0 Å². The van der Waals surface area contributed by atoms with Gasteiger partial charge in [0.15, 0.2) is 5.79 Å². The molecule has 1 unspecified atom stereocenters. The Bertz CT molecular complexity index is 166. The van der Waals surface area contributed by atoms with Crippen molar-refractivity contribution in [1.82, 2.24) is 5.32 Å². The van der Waals surface area contributed by atoms with Crippen LogP contribution in [-0.4, -0.2) is 24.2 Å². The maximum absolute atomic E-state index is 5.72. The monoisotopic (exact) mass is 173 g/mol. The van der Waals surface area contributed by atoms with E-state index >= 15 is 0 Å². The molecule has 0 bridgehead atoms. The van der Waals surface area contributed by atoms with E-state index in [1.165, 1.54) is 0 Å². The van der Waals surface area contributed by atoms with Crippen molar-refractivity contribution < 1.29 is 9.47 Å². The maximum Gasteiger partial charge on any atom is 0.165 e. The van der Waals surface area contributed by atoms with Gasteiger partial charge in [-0.3, -0.25) is 5.32 Å². The Morgan fingerprint density at radius 3 is 2.17 bits per heavy atom. The Kier molecular flexibility index (Phi) is 2.47. The first-order valence-corrected chi connectivity index (χ1v) is 4.49. The molecule has 1 saturated heterocycles. The third kappa shape index (κ3) is 1.97. The molecule has 0 radical (unpaired) electrons. The molecular weight excluding hydrogens is 154 g/mol. The van der Waals surface area contributed by atoms with Gasteiger partial charge < -0.3 is 9.47 Å². The predicted molar refractivity (Wildman–Crippen MR) is 47.8 cm³/mol. The first-order chi connectivity index (χ1) is 5.37. The average molecular weight is 173 g/mol. The van der Waals surface area contributed by atoms with Crippen molar-refractivity contribution in [3.8, 4) is 0 Å². The summed E-state index contributed by atoms with van der Waals surface area (Å²) in [5.74, 6) is -0.462. The summed E-state index contributed by atoms with van der Waals surface area (Å²) in [6, 6.07) is 0. The van der Waals surface area contributed by atoms with Crippen LogP contribution in [0.5, 0.6) is 0 Å². The fourth-order valence-corrected chi connectivity index (χ4v) is 1.61. The van der Waals surface area contributed by atoms with Gasteiger partial charge in [-0.25, -0.2) is 0 Å². The van der Waals surface area contributed by atoms with Crippen molar-refractivity contribution in [2.75, 3.05) is 6.54 Å². The van der Waals surface area contributed by atoms with Crippen molar-refractivity contribution in [3.05, 3.63) is 0 Å². The fourth-order valence-electron chi connectivity index (χ4n) is 1.61. The number of likely N-dealkylation sites (N-methyl/N-ethyl adjacent to an activating group) is 1. The second-order valence-electron chi connectivity index (χ2n) is 4.16. The van der Waals surface area contributed by atoms with Crippen LogP contribution < -0.4 is 5.32 Å². The zero-order valence-electron chi connectivity index (χ0n) is 8.60. The Labute approximate surface area is 74.4 Å². The second kappa shape index (κ2) is 2.98. The topological polar surface area (TPSA) is 30.5 Å². The van der Waals surface area contributed by atoms with Gasteiger partial charge in [0, 0.05) is 0 Å². The molecule has 1 N–H and O–H groups in total. The van der Waals surface area contributed by atoms with Crippen LogP contribution in [0.15, 0.2) is 0 Å². The molecule has 1 atom stereocenters. The average Bonchev–Trinajstić information content (AvgIpc) is 2.01. The van der Waals surface area contributed by atoms with Gasteiger partial charge >= 0.3 is 0 Å². The van der Waals surface area contributed by atoms with E-state index in [1.54, 1.807) is 0 Å². The quantitative estimate of drug-likeness (QED) is 0.686. The zero-order chi connectivity index (χ0) is 9.41. The fraction of sp³-hybridized carbons (Fsp3) is 1.00. The molecule has 0 aromatic rings. The number of hydrogen-bond acceptors (Lipinski definition) is 3. The molecule has 0 amide bonds. The molecule has 3 nitrogen and oxygen atoms in total. The number of hydrogen-bond donors (Lipinski definition) is 1. The standard InChI is InChI=1S/C9H19NO2/c1-6-10-7-8(2,3)12-9(4,5)11-7/h7,10H,6H2,1-5H3. The van der Waals surface area contributed by atoms with Gasteiger partial charge in [0.2, 0.25) is 0 Å². The minimum atomic E-state index is -0.462. The Morgan fingerprint density at radius 2 is 1.83 bits per heavy atom. The summed E-state index contributed by atoms with van der Waals surface area (Å²) >= 11 is 0.